The Bertz CT molecular complexity index is 1640. The first-order valence-electron chi connectivity index (χ1n) is 11.1. The van der Waals surface area contributed by atoms with E-state index < -0.39 is 0 Å². The summed E-state index contributed by atoms with van der Waals surface area (Å²) in [4.78, 5) is 16.2. The fourth-order valence-electron chi connectivity index (χ4n) is 4.62. The fourth-order valence-corrected chi connectivity index (χ4v) is 7.25. The predicted octanol–water partition coefficient (Wildman–Crippen LogP) is 6.88. The highest BCUT2D eigenvalue weighted by atomic mass is 35.5. The number of thiophene rings is 1. The van der Waals surface area contributed by atoms with E-state index in [2.05, 4.69) is 14.6 Å². The summed E-state index contributed by atoms with van der Waals surface area (Å²) in [6.45, 7) is 2.02. The number of thioether (sulfide) groups is 1. The molecular formula is C25H20Cl2N4OS2. The van der Waals surface area contributed by atoms with Crippen molar-refractivity contribution in [3.05, 3.63) is 84.4 Å². The van der Waals surface area contributed by atoms with Crippen LogP contribution in [-0.2, 0) is 18.6 Å². The number of aryl methyl sites for hydroxylation is 3. The van der Waals surface area contributed by atoms with Crippen LogP contribution in [0.2, 0.25) is 10.0 Å². The van der Waals surface area contributed by atoms with E-state index in [1.165, 1.54) is 10.4 Å². The van der Waals surface area contributed by atoms with Gasteiger partial charge in [-0.15, -0.1) is 21.5 Å². The van der Waals surface area contributed by atoms with Crippen LogP contribution in [0.5, 0.6) is 0 Å². The molecule has 2 aromatic carbocycles. The van der Waals surface area contributed by atoms with Crippen molar-refractivity contribution >= 4 is 62.3 Å². The second kappa shape index (κ2) is 8.72. The Morgan fingerprint density at radius 1 is 1.06 bits per heavy atom. The van der Waals surface area contributed by atoms with Gasteiger partial charge < -0.3 is 0 Å². The van der Waals surface area contributed by atoms with Crippen LogP contribution in [0.3, 0.4) is 0 Å². The molecule has 6 rings (SSSR count). The van der Waals surface area contributed by atoms with Gasteiger partial charge in [-0.1, -0.05) is 59.2 Å². The molecule has 3 aromatic heterocycles. The molecule has 172 valence electrons. The maximum atomic E-state index is 13.9. The monoisotopic (exact) mass is 526 g/mol. The molecule has 0 saturated heterocycles. The zero-order valence-corrected chi connectivity index (χ0v) is 21.5. The van der Waals surface area contributed by atoms with E-state index >= 15 is 0 Å². The molecule has 1 aliphatic carbocycles. The molecule has 0 atom stereocenters. The molecule has 0 fully saturated rings. The Hall–Kier alpha value is -2.32. The number of rotatable bonds is 4. The van der Waals surface area contributed by atoms with Crippen molar-refractivity contribution in [3.8, 4) is 5.69 Å². The van der Waals surface area contributed by atoms with Crippen LogP contribution >= 0.6 is 46.3 Å². The van der Waals surface area contributed by atoms with Crippen molar-refractivity contribution < 1.29 is 0 Å². The summed E-state index contributed by atoms with van der Waals surface area (Å²) < 4.78 is 3.80. The van der Waals surface area contributed by atoms with Gasteiger partial charge in [0.05, 0.1) is 21.1 Å². The molecule has 0 radical (unpaired) electrons. The third-order valence-corrected chi connectivity index (χ3v) is 9.31. The number of nitrogens with zero attached hydrogens (tertiary/aromatic N) is 4. The standard InChI is InChI=1S/C25H20Cl2N4OS2/c1-14-6-2-4-8-19(14)30-22(32)21-16-7-3-5-9-20(16)34-23(21)31-24(30)28-29-25(31)33-13-15-10-11-17(26)18(27)12-15/h2,4,6,8,10-12H,3,5,7,9,13H2,1H3. The molecule has 5 aromatic rings. The topological polar surface area (TPSA) is 52.2 Å². The summed E-state index contributed by atoms with van der Waals surface area (Å²) in [6, 6.07) is 13.6. The minimum atomic E-state index is -0.00960. The van der Waals surface area contributed by atoms with E-state index in [1.807, 2.05) is 49.4 Å². The minimum Gasteiger partial charge on any atom is -0.268 e. The number of fused-ring (bicyclic) bond motifs is 5. The molecule has 0 amide bonds. The molecule has 0 aliphatic heterocycles. The molecule has 5 nitrogen and oxygen atoms in total. The minimum absolute atomic E-state index is 0.00960. The van der Waals surface area contributed by atoms with E-state index in [0.717, 1.165) is 57.9 Å². The van der Waals surface area contributed by atoms with Crippen molar-refractivity contribution in [2.75, 3.05) is 0 Å². The molecular weight excluding hydrogens is 507 g/mol. The van der Waals surface area contributed by atoms with Gasteiger partial charge in [0.25, 0.3) is 5.56 Å². The lowest BCUT2D eigenvalue weighted by molar-refractivity contribution is 0.699. The molecule has 3 heterocycles. The van der Waals surface area contributed by atoms with E-state index in [4.69, 9.17) is 23.2 Å². The highest BCUT2D eigenvalue weighted by Gasteiger charge is 2.26. The SMILES string of the molecule is Cc1ccccc1-n1c(=O)c2c3c(sc2n2c(SCc4ccc(Cl)c(Cl)c4)nnc12)CCCC3. The average Bonchev–Trinajstić information content (AvgIpc) is 3.43. The van der Waals surface area contributed by atoms with Crippen LogP contribution in [0.4, 0.5) is 0 Å². The first-order chi connectivity index (χ1) is 16.5. The largest absolute Gasteiger partial charge is 0.268 e. The van der Waals surface area contributed by atoms with Crippen LogP contribution in [-0.4, -0.2) is 19.2 Å². The Labute approximate surface area is 214 Å². The quantitative estimate of drug-likeness (QED) is 0.239. The van der Waals surface area contributed by atoms with Gasteiger partial charge in [0.2, 0.25) is 5.78 Å². The van der Waals surface area contributed by atoms with Gasteiger partial charge in [0.15, 0.2) is 5.16 Å². The number of benzene rings is 2. The van der Waals surface area contributed by atoms with Crippen LogP contribution in [0.1, 0.15) is 34.4 Å². The van der Waals surface area contributed by atoms with Gasteiger partial charge in [-0.25, -0.2) is 8.97 Å². The normalized spacial score (nSPS) is 13.6. The Morgan fingerprint density at radius 2 is 1.88 bits per heavy atom. The van der Waals surface area contributed by atoms with Crippen LogP contribution in [0, 0.1) is 6.92 Å². The zero-order chi connectivity index (χ0) is 23.4. The number of para-hydroxylation sites is 1. The zero-order valence-electron chi connectivity index (χ0n) is 18.3. The third kappa shape index (κ3) is 3.57. The highest BCUT2D eigenvalue weighted by molar-refractivity contribution is 7.98. The summed E-state index contributed by atoms with van der Waals surface area (Å²) >= 11 is 15.6. The Balaban J connectivity index is 1.59. The number of halogens is 2. The van der Waals surface area contributed by atoms with E-state index in [0.29, 0.717) is 21.6 Å². The molecule has 9 heteroatoms. The second-order valence-corrected chi connectivity index (χ2v) is 11.3. The number of hydrogen-bond acceptors (Lipinski definition) is 5. The van der Waals surface area contributed by atoms with Gasteiger partial charge in [-0.05, 0) is 67.5 Å². The predicted molar refractivity (Wildman–Crippen MR) is 141 cm³/mol. The molecule has 0 spiro atoms. The molecule has 0 bridgehead atoms. The average molecular weight is 528 g/mol. The first kappa shape index (κ1) is 22.2. The van der Waals surface area contributed by atoms with Crippen molar-refractivity contribution in [1.29, 1.82) is 0 Å². The molecule has 0 unspecified atom stereocenters. The lowest BCUT2D eigenvalue weighted by Gasteiger charge is -2.13. The first-order valence-corrected chi connectivity index (χ1v) is 13.7. The van der Waals surface area contributed by atoms with Gasteiger partial charge >= 0.3 is 0 Å². The lowest BCUT2D eigenvalue weighted by Crippen LogP contribution is -2.23. The lowest BCUT2D eigenvalue weighted by atomic mass is 9.97. The molecule has 34 heavy (non-hydrogen) atoms. The smallest absolute Gasteiger partial charge is 0.268 e. The van der Waals surface area contributed by atoms with E-state index in [9.17, 15) is 4.79 Å². The van der Waals surface area contributed by atoms with E-state index in [1.54, 1.807) is 27.7 Å². The highest BCUT2D eigenvalue weighted by Crippen LogP contribution is 2.37. The van der Waals surface area contributed by atoms with Crippen molar-refractivity contribution in [2.24, 2.45) is 0 Å². The summed E-state index contributed by atoms with van der Waals surface area (Å²) in [5.41, 5.74) is 4.09. The molecule has 0 saturated carbocycles. The van der Waals surface area contributed by atoms with Crippen molar-refractivity contribution in [2.45, 2.75) is 43.5 Å². The van der Waals surface area contributed by atoms with Crippen molar-refractivity contribution in [1.82, 2.24) is 19.2 Å². The van der Waals surface area contributed by atoms with Crippen LogP contribution in [0.15, 0.2) is 52.4 Å². The Morgan fingerprint density at radius 3 is 2.71 bits per heavy atom. The maximum absolute atomic E-state index is 13.9. The molecule has 1 aliphatic rings. The third-order valence-electron chi connectivity index (χ3n) is 6.30. The second-order valence-electron chi connectivity index (χ2n) is 8.47. The molecule has 0 N–H and O–H groups in total. The summed E-state index contributed by atoms with van der Waals surface area (Å²) in [7, 11) is 0. The van der Waals surface area contributed by atoms with E-state index in [-0.39, 0.29) is 5.56 Å². The van der Waals surface area contributed by atoms with Gasteiger partial charge in [0.1, 0.15) is 4.83 Å². The van der Waals surface area contributed by atoms with Gasteiger partial charge in [-0.2, -0.15) is 0 Å². The maximum Gasteiger partial charge on any atom is 0.268 e. The summed E-state index contributed by atoms with van der Waals surface area (Å²) in [5, 5.41) is 11.7. The van der Waals surface area contributed by atoms with Crippen molar-refractivity contribution in [3.63, 3.8) is 0 Å². The number of hydrogen-bond donors (Lipinski definition) is 0. The van der Waals surface area contributed by atoms with Crippen LogP contribution in [0.25, 0.3) is 21.7 Å². The Kier molecular flexibility index (Phi) is 5.68. The van der Waals surface area contributed by atoms with Crippen LogP contribution < -0.4 is 5.56 Å². The van der Waals surface area contributed by atoms with Gasteiger partial charge in [0, 0.05) is 10.6 Å². The van der Waals surface area contributed by atoms with Gasteiger partial charge in [-0.3, -0.25) is 4.79 Å². The summed E-state index contributed by atoms with van der Waals surface area (Å²) in [6.07, 6.45) is 4.24. The summed E-state index contributed by atoms with van der Waals surface area (Å²) in [5.74, 6) is 1.20. The fraction of sp³-hybridized carbons (Fsp3) is 0.240. The number of aromatic nitrogens is 4.